The van der Waals surface area contributed by atoms with E-state index in [-0.39, 0.29) is 4.49 Å². The molecule has 0 fully saturated rings. The second-order valence-corrected chi connectivity index (χ2v) is 7.12. The Balaban J connectivity index is 2.29. The minimum absolute atomic E-state index is 0.250. The molecule has 2 aromatic rings. The molecule has 0 aliphatic carbocycles. The molecule has 0 aliphatic heterocycles. The molecule has 0 bridgehead atoms. The van der Waals surface area contributed by atoms with Gasteiger partial charge in [0.05, 0.1) is 0 Å². The van der Waals surface area contributed by atoms with E-state index in [0.29, 0.717) is 0 Å². The van der Waals surface area contributed by atoms with Crippen LogP contribution in [-0.4, -0.2) is 10.5 Å². The molecule has 18 heavy (non-hydrogen) atoms. The Hall–Kier alpha value is -0.610. The zero-order chi connectivity index (χ0) is 13.1. The number of hydrogen-bond donors (Lipinski definition) is 0. The van der Waals surface area contributed by atoms with Gasteiger partial charge in [-0.25, -0.2) is 0 Å². The predicted octanol–water partition coefficient (Wildman–Crippen LogP) is 4.93. The zero-order valence-corrected chi connectivity index (χ0v) is 12.7. The molecule has 0 spiro atoms. The molecule has 5 heteroatoms. The highest BCUT2D eigenvalue weighted by atomic mass is 35.5. The Morgan fingerprint density at radius 3 is 2.39 bits per heavy atom. The first-order chi connectivity index (χ1) is 8.56. The van der Waals surface area contributed by atoms with Crippen LogP contribution in [0.4, 0.5) is 0 Å². The second-order valence-electron chi connectivity index (χ2n) is 3.61. The van der Waals surface area contributed by atoms with E-state index in [4.69, 9.17) is 23.2 Å². The summed E-state index contributed by atoms with van der Waals surface area (Å²) in [6.07, 6.45) is 3.39. The van der Waals surface area contributed by atoms with Crippen LogP contribution in [0.2, 0.25) is 0 Å². The average Bonchev–Trinajstić information content (AvgIpc) is 2.76. The lowest BCUT2D eigenvalue weighted by atomic mass is 10.2. The van der Waals surface area contributed by atoms with Crippen molar-refractivity contribution in [1.82, 2.24) is 0 Å². The third kappa shape index (κ3) is 3.45. The van der Waals surface area contributed by atoms with Gasteiger partial charge in [0.15, 0.2) is 0 Å². The van der Waals surface area contributed by atoms with Gasteiger partial charge in [-0.15, -0.1) is 11.3 Å². The summed E-state index contributed by atoms with van der Waals surface area (Å²) in [5, 5.41) is 0. The summed E-state index contributed by atoms with van der Waals surface area (Å²) < 4.78 is 11.5. The number of benzene rings is 1. The Bertz CT molecular complexity index is 596. The molecule has 0 aliphatic rings. The van der Waals surface area contributed by atoms with E-state index in [1.165, 1.54) is 0 Å². The predicted molar refractivity (Wildman–Crippen MR) is 81.8 cm³/mol. The highest BCUT2D eigenvalue weighted by molar-refractivity contribution is 7.84. The lowest BCUT2D eigenvalue weighted by Gasteiger charge is -1.99. The lowest BCUT2D eigenvalue weighted by molar-refractivity contribution is 0.687. The summed E-state index contributed by atoms with van der Waals surface area (Å²) in [5.41, 5.74) is 1.10. The fourth-order valence-corrected chi connectivity index (χ4v) is 3.34. The van der Waals surface area contributed by atoms with Gasteiger partial charge in [0, 0.05) is 31.7 Å². The molecule has 94 valence electrons. The first-order valence-electron chi connectivity index (χ1n) is 5.12. The number of thiophene rings is 1. The second kappa shape index (κ2) is 6.02. The van der Waals surface area contributed by atoms with Crippen LogP contribution in [0.15, 0.2) is 45.8 Å². The maximum Gasteiger partial charge on any atom is 0.108 e. The van der Waals surface area contributed by atoms with Gasteiger partial charge in [-0.05, 0) is 35.9 Å². The Labute approximate surface area is 123 Å². The van der Waals surface area contributed by atoms with Gasteiger partial charge in [0.1, 0.15) is 4.49 Å². The summed E-state index contributed by atoms with van der Waals surface area (Å²) in [6, 6.07) is 11.7. The van der Waals surface area contributed by atoms with Gasteiger partial charge >= 0.3 is 0 Å². The van der Waals surface area contributed by atoms with E-state index in [2.05, 4.69) is 0 Å². The maximum atomic E-state index is 11.3. The van der Waals surface area contributed by atoms with E-state index < -0.39 is 10.8 Å². The van der Waals surface area contributed by atoms with Crippen LogP contribution in [0.25, 0.3) is 16.5 Å². The topological polar surface area (TPSA) is 17.1 Å². The standard InChI is InChI=1S/C13H10Cl2OS2/c1-18(16)11-5-2-9(3-6-11)12-7-4-10(17-12)8-13(14)15/h2-8H,1H3. The molecule has 0 saturated carbocycles. The van der Waals surface area contributed by atoms with E-state index in [1.807, 2.05) is 36.4 Å². The smallest absolute Gasteiger partial charge is 0.108 e. The van der Waals surface area contributed by atoms with Crippen LogP contribution in [0.3, 0.4) is 0 Å². The molecule has 0 radical (unpaired) electrons. The minimum atomic E-state index is -0.937. The first kappa shape index (κ1) is 13.8. The molecule has 1 atom stereocenters. The van der Waals surface area contributed by atoms with Crippen molar-refractivity contribution < 1.29 is 4.21 Å². The molecule has 1 aromatic carbocycles. The first-order valence-corrected chi connectivity index (χ1v) is 8.26. The summed E-state index contributed by atoms with van der Waals surface area (Å²) >= 11 is 12.9. The fourth-order valence-electron chi connectivity index (χ4n) is 1.50. The van der Waals surface area contributed by atoms with Crippen molar-refractivity contribution in [3.05, 3.63) is 45.8 Å². The van der Waals surface area contributed by atoms with Crippen molar-refractivity contribution in [3.8, 4) is 10.4 Å². The van der Waals surface area contributed by atoms with Crippen LogP contribution in [-0.2, 0) is 10.8 Å². The van der Waals surface area contributed by atoms with Crippen molar-refractivity contribution in [2.24, 2.45) is 0 Å². The normalized spacial score (nSPS) is 12.2. The van der Waals surface area contributed by atoms with Gasteiger partial charge in [0.2, 0.25) is 0 Å². The monoisotopic (exact) mass is 316 g/mol. The molecule has 1 nitrogen and oxygen atoms in total. The van der Waals surface area contributed by atoms with Crippen LogP contribution >= 0.6 is 34.5 Å². The molecule has 1 unspecified atom stereocenters. The Morgan fingerprint density at radius 2 is 1.83 bits per heavy atom. The molecular formula is C13H10Cl2OS2. The van der Waals surface area contributed by atoms with E-state index in [1.54, 1.807) is 23.7 Å². The van der Waals surface area contributed by atoms with Crippen LogP contribution in [0, 0.1) is 0 Å². The highest BCUT2D eigenvalue weighted by Crippen LogP contribution is 2.30. The fraction of sp³-hybridized carbons (Fsp3) is 0.0769. The van der Waals surface area contributed by atoms with Crippen LogP contribution in [0.1, 0.15) is 4.88 Å². The molecule has 1 heterocycles. The van der Waals surface area contributed by atoms with Crippen molar-refractivity contribution in [2.45, 2.75) is 4.90 Å². The van der Waals surface area contributed by atoms with E-state index >= 15 is 0 Å². The maximum absolute atomic E-state index is 11.3. The molecule has 0 saturated heterocycles. The number of halogens is 2. The Morgan fingerprint density at radius 1 is 1.17 bits per heavy atom. The van der Waals surface area contributed by atoms with E-state index in [9.17, 15) is 4.21 Å². The number of hydrogen-bond acceptors (Lipinski definition) is 2. The van der Waals surface area contributed by atoms with Gasteiger partial charge in [0.25, 0.3) is 0 Å². The van der Waals surface area contributed by atoms with E-state index in [0.717, 1.165) is 20.2 Å². The van der Waals surface area contributed by atoms with Gasteiger partial charge in [-0.3, -0.25) is 4.21 Å². The largest absolute Gasteiger partial charge is 0.255 e. The molecular weight excluding hydrogens is 307 g/mol. The summed E-state index contributed by atoms with van der Waals surface area (Å²) in [6.45, 7) is 0. The van der Waals surface area contributed by atoms with Gasteiger partial charge < -0.3 is 0 Å². The highest BCUT2D eigenvalue weighted by Gasteiger charge is 2.03. The molecule has 2 rings (SSSR count). The van der Waals surface area contributed by atoms with Crippen molar-refractivity contribution in [2.75, 3.05) is 6.26 Å². The SMILES string of the molecule is CS(=O)c1ccc(-c2ccc(C=C(Cl)Cl)s2)cc1. The van der Waals surface area contributed by atoms with Crippen molar-refractivity contribution in [1.29, 1.82) is 0 Å². The summed E-state index contributed by atoms with van der Waals surface area (Å²) in [5.74, 6) is 0. The summed E-state index contributed by atoms with van der Waals surface area (Å²) in [7, 11) is -0.937. The average molecular weight is 317 g/mol. The minimum Gasteiger partial charge on any atom is -0.255 e. The van der Waals surface area contributed by atoms with Crippen molar-refractivity contribution >= 4 is 51.4 Å². The third-order valence-corrected chi connectivity index (χ3v) is 4.58. The quantitative estimate of drug-likeness (QED) is 0.784. The zero-order valence-electron chi connectivity index (χ0n) is 9.52. The van der Waals surface area contributed by atoms with Crippen molar-refractivity contribution in [3.63, 3.8) is 0 Å². The molecule has 0 N–H and O–H groups in total. The molecule has 0 amide bonds. The summed E-state index contributed by atoms with van der Waals surface area (Å²) in [4.78, 5) is 2.97. The lowest BCUT2D eigenvalue weighted by Crippen LogP contribution is -1.85. The van der Waals surface area contributed by atoms with Gasteiger partial charge in [-0.2, -0.15) is 0 Å². The van der Waals surface area contributed by atoms with Crippen LogP contribution in [0.5, 0.6) is 0 Å². The Kier molecular flexibility index (Phi) is 4.62. The van der Waals surface area contributed by atoms with Gasteiger partial charge in [-0.1, -0.05) is 35.3 Å². The molecule has 1 aromatic heterocycles. The number of rotatable bonds is 3. The van der Waals surface area contributed by atoms with Crippen LogP contribution < -0.4 is 0 Å². The third-order valence-electron chi connectivity index (χ3n) is 2.35.